The molecule has 0 saturated heterocycles. The van der Waals surface area contributed by atoms with E-state index in [1.165, 1.54) is 0 Å². The van der Waals surface area contributed by atoms with Crippen LogP contribution >= 0.6 is 0 Å². The Morgan fingerprint density at radius 3 is 1.71 bits per heavy atom. The van der Waals surface area contributed by atoms with E-state index in [2.05, 4.69) is 40.4 Å². The van der Waals surface area contributed by atoms with Crippen molar-refractivity contribution in [3.63, 3.8) is 0 Å². The van der Waals surface area contributed by atoms with E-state index >= 15 is 0 Å². The molecule has 0 radical (unpaired) electrons. The second-order valence-electron chi connectivity index (χ2n) is 6.58. The molecule has 4 heteroatoms. The highest BCUT2D eigenvalue weighted by Crippen LogP contribution is 2.33. The predicted octanol–water partition coefficient (Wildman–Crippen LogP) is 2.79. The number of ether oxygens (including phenoxy) is 1. The topological polar surface area (TPSA) is 29.5 Å². The third-order valence-electron chi connectivity index (χ3n) is 2.53. The summed E-state index contributed by atoms with van der Waals surface area (Å²) in [6, 6.07) is 0. The number of hydrogen-bond acceptors (Lipinski definition) is 2. The molecule has 0 aromatic carbocycles. The molecule has 0 aliphatic rings. The summed E-state index contributed by atoms with van der Waals surface area (Å²) >= 11 is 0. The molecule has 0 aliphatic heterocycles. The van der Waals surface area contributed by atoms with Gasteiger partial charge in [0, 0.05) is 6.23 Å². The van der Waals surface area contributed by atoms with Gasteiger partial charge in [-0.05, 0) is 11.6 Å². The van der Waals surface area contributed by atoms with Crippen molar-refractivity contribution in [3.05, 3.63) is 0 Å². The van der Waals surface area contributed by atoms with Gasteiger partial charge >= 0.3 is 0 Å². The smallest absolute Gasteiger partial charge is 0.216 e. The normalized spacial score (nSPS) is 18.0. The molecule has 0 fully saturated rings. The fraction of sp³-hybridized carbons (Fsp3) is 1.00. The highest BCUT2D eigenvalue weighted by molar-refractivity contribution is 6.76. The summed E-state index contributed by atoms with van der Waals surface area (Å²) in [6.45, 7) is 15.1. The molecule has 86 valence electrons. The standard InChI is InChI=1S/C10H26O2Si2/c1-10(2,3)14(7,11)9-12-8-13(4,5)6/h11H,8-9H2,1-7H3. The minimum Gasteiger partial charge on any atom is -0.429 e. The third kappa shape index (κ3) is 5.29. The molecule has 0 heterocycles. The van der Waals surface area contributed by atoms with E-state index in [9.17, 15) is 4.80 Å². The van der Waals surface area contributed by atoms with Gasteiger partial charge in [-0.1, -0.05) is 40.4 Å². The minimum absolute atomic E-state index is 0.00639. The fourth-order valence-electron chi connectivity index (χ4n) is 0.772. The molecule has 14 heavy (non-hydrogen) atoms. The molecule has 0 saturated carbocycles. The van der Waals surface area contributed by atoms with Crippen molar-refractivity contribution < 1.29 is 9.53 Å². The molecule has 0 amide bonds. The lowest BCUT2D eigenvalue weighted by molar-refractivity contribution is 0.198. The second-order valence-corrected chi connectivity index (χ2v) is 16.3. The van der Waals surface area contributed by atoms with Crippen LogP contribution < -0.4 is 0 Å². The van der Waals surface area contributed by atoms with Crippen molar-refractivity contribution in [2.75, 3.05) is 12.5 Å². The predicted molar refractivity (Wildman–Crippen MR) is 67.7 cm³/mol. The quantitative estimate of drug-likeness (QED) is 0.758. The highest BCUT2D eigenvalue weighted by Gasteiger charge is 2.39. The Kier molecular flexibility index (Phi) is 4.58. The Bertz CT molecular complexity index is 178. The Labute approximate surface area is 90.8 Å². The highest BCUT2D eigenvalue weighted by atomic mass is 28.4. The third-order valence-corrected chi connectivity index (χ3v) is 7.60. The van der Waals surface area contributed by atoms with Crippen LogP contribution in [-0.4, -0.2) is 33.6 Å². The fourth-order valence-corrected chi connectivity index (χ4v) is 2.62. The van der Waals surface area contributed by atoms with Crippen LogP contribution in [0.1, 0.15) is 20.8 Å². The second kappa shape index (κ2) is 4.47. The zero-order chi connectivity index (χ0) is 11.6. The zero-order valence-electron chi connectivity index (χ0n) is 10.8. The SMILES string of the molecule is CC(C)(C)[Si](C)(O)COC[Si](C)(C)C. The average molecular weight is 234 g/mol. The van der Waals surface area contributed by atoms with E-state index in [0.29, 0.717) is 6.23 Å². The summed E-state index contributed by atoms with van der Waals surface area (Å²) in [5.41, 5.74) is 0. The van der Waals surface area contributed by atoms with Crippen molar-refractivity contribution in [2.45, 2.75) is 52.0 Å². The van der Waals surface area contributed by atoms with Crippen LogP contribution in [0.15, 0.2) is 0 Å². The van der Waals surface area contributed by atoms with Gasteiger partial charge in [0.1, 0.15) is 0 Å². The largest absolute Gasteiger partial charge is 0.429 e. The molecule has 1 unspecified atom stereocenters. The monoisotopic (exact) mass is 234 g/mol. The molecule has 1 atom stereocenters. The first-order chi connectivity index (χ1) is 5.96. The van der Waals surface area contributed by atoms with Gasteiger partial charge in [-0.2, -0.15) is 0 Å². The summed E-state index contributed by atoms with van der Waals surface area (Å²) in [7, 11) is -3.33. The van der Waals surface area contributed by atoms with Gasteiger partial charge in [0.15, 0.2) is 0 Å². The summed E-state index contributed by atoms with van der Waals surface area (Å²) in [6.07, 6.45) is 1.42. The summed E-state index contributed by atoms with van der Waals surface area (Å²) in [5, 5.41) is 0.00639. The van der Waals surface area contributed by atoms with E-state index < -0.39 is 16.4 Å². The molecule has 0 aromatic rings. The van der Waals surface area contributed by atoms with Gasteiger partial charge < -0.3 is 9.53 Å². The van der Waals surface area contributed by atoms with Crippen LogP contribution in [0.3, 0.4) is 0 Å². The van der Waals surface area contributed by atoms with Crippen LogP contribution in [0.2, 0.25) is 31.2 Å². The first kappa shape index (κ1) is 14.4. The maximum absolute atomic E-state index is 10.3. The Balaban J connectivity index is 4.02. The van der Waals surface area contributed by atoms with Gasteiger partial charge in [0.05, 0.1) is 14.3 Å². The lowest BCUT2D eigenvalue weighted by Gasteiger charge is -2.34. The van der Waals surface area contributed by atoms with Crippen molar-refractivity contribution in [2.24, 2.45) is 0 Å². The van der Waals surface area contributed by atoms with Crippen LogP contribution in [0.5, 0.6) is 0 Å². The molecule has 0 spiro atoms. The maximum Gasteiger partial charge on any atom is 0.216 e. The number of rotatable bonds is 4. The molecule has 0 aliphatic carbocycles. The average Bonchev–Trinajstić information content (AvgIpc) is 1.80. The summed E-state index contributed by atoms with van der Waals surface area (Å²) < 4.78 is 5.66. The van der Waals surface area contributed by atoms with Gasteiger partial charge in [-0.25, -0.2) is 0 Å². The van der Waals surface area contributed by atoms with E-state index in [1.807, 2.05) is 6.55 Å². The molecule has 0 rings (SSSR count). The van der Waals surface area contributed by atoms with Crippen LogP contribution in [-0.2, 0) is 4.74 Å². The van der Waals surface area contributed by atoms with Crippen molar-refractivity contribution in [3.8, 4) is 0 Å². The molecule has 0 bridgehead atoms. The first-order valence-electron chi connectivity index (χ1n) is 5.26. The van der Waals surface area contributed by atoms with Crippen LogP contribution in [0.25, 0.3) is 0 Å². The lowest BCUT2D eigenvalue weighted by Crippen LogP contribution is -2.47. The van der Waals surface area contributed by atoms with Crippen LogP contribution in [0, 0.1) is 0 Å². The van der Waals surface area contributed by atoms with Gasteiger partial charge in [-0.3, -0.25) is 0 Å². The molecule has 0 aromatic heterocycles. The lowest BCUT2D eigenvalue weighted by atomic mass is 10.2. The Hall–Kier alpha value is 0.354. The van der Waals surface area contributed by atoms with Crippen molar-refractivity contribution in [1.82, 2.24) is 0 Å². The summed E-state index contributed by atoms with van der Waals surface area (Å²) in [5.74, 6) is 0. The van der Waals surface area contributed by atoms with E-state index in [-0.39, 0.29) is 5.04 Å². The Morgan fingerprint density at radius 2 is 1.43 bits per heavy atom. The molecule has 1 N–H and O–H groups in total. The van der Waals surface area contributed by atoms with Gasteiger partial charge in [-0.15, -0.1) is 0 Å². The Morgan fingerprint density at radius 1 is 1.00 bits per heavy atom. The van der Waals surface area contributed by atoms with Crippen molar-refractivity contribution >= 4 is 16.4 Å². The molecular weight excluding hydrogens is 208 g/mol. The maximum atomic E-state index is 10.3. The van der Waals surface area contributed by atoms with Gasteiger partial charge in [0.25, 0.3) is 0 Å². The number of hydrogen-bond donors (Lipinski definition) is 1. The first-order valence-corrected chi connectivity index (χ1v) is 11.6. The van der Waals surface area contributed by atoms with E-state index in [1.54, 1.807) is 0 Å². The zero-order valence-corrected chi connectivity index (χ0v) is 12.8. The minimum atomic E-state index is -2.20. The van der Waals surface area contributed by atoms with Crippen LogP contribution in [0.4, 0.5) is 0 Å². The molecular formula is C10H26O2Si2. The molecule has 2 nitrogen and oxygen atoms in total. The van der Waals surface area contributed by atoms with E-state index in [4.69, 9.17) is 4.74 Å². The van der Waals surface area contributed by atoms with Gasteiger partial charge in [0.2, 0.25) is 8.32 Å². The van der Waals surface area contributed by atoms with Crippen molar-refractivity contribution in [1.29, 1.82) is 0 Å². The summed E-state index contributed by atoms with van der Waals surface area (Å²) in [4.78, 5) is 10.3. The van der Waals surface area contributed by atoms with E-state index in [0.717, 1.165) is 6.23 Å².